The molecule has 136 valence electrons. The van der Waals surface area contributed by atoms with Gasteiger partial charge < -0.3 is 4.74 Å². The van der Waals surface area contributed by atoms with Gasteiger partial charge in [0.15, 0.2) is 4.77 Å². The second-order valence-corrected chi connectivity index (χ2v) is 5.94. The number of halogens is 3. The van der Waals surface area contributed by atoms with Crippen molar-refractivity contribution in [3.8, 4) is 11.4 Å². The number of hydrogen-bond acceptors (Lipinski definition) is 3. The summed E-state index contributed by atoms with van der Waals surface area (Å²) in [6.45, 7) is 2.45. The van der Waals surface area contributed by atoms with Gasteiger partial charge >= 0.3 is 6.18 Å². The summed E-state index contributed by atoms with van der Waals surface area (Å²) in [5.41, 5.74) is 0.0818. The monoisotopic (exact) mass is 379 g/mol. The first-order valence-corrected chi connectivity index (χ1v) is 8.35. The lowest BCUT2D eigenvalue weighted by atomic mass is 10.1. The van der Waals surface area contributed by atoms with Crippen LogP contribution in [-0.4, -0.2) is 21.4 Å². The Hall–Kier alpha value is -2.61. The summed E-state index contributed by atoms with van der Waals surface area (Å²) in [4.78, 5) is 0. The maximum absolute atomic E-state index is 13.4. The van der Waals surface area contributed by atoms with Crippen molar-refractivity contribution < 1.29 is 17.9 Å². The molecule has 1 heterocycles. The molecule has 8 heteroatoms. The molecular formula is C18H16F3N3OS. The van der Waals surface area contributed by atoms with Gasteiger partial charge in [-0.25, -0.2) is 0 Å². The molecule has 4 nitrogen and oxygen atoms in total. The molecule has 1 N–H and O–H groups in total. The average molecular weight is 379 g/mol. The van der Waals surface area contributed by atoms with Crippen LogP contribution in [0.25, 0.3) is 5.69 Å². The van der Waals surface area contributed by atoms with Gasteiger partial charge in [0.1, 0.15) is 11.6 Å². The predicted octanol–water partition coefficient (Wildman–Crippen LogP) is 4.94. The molecule has 0 amide bonds. The van der Waals surface area contributed by atoms with Crippen molar-refractivity contribution in [2.45, 2.75) is 19.5 Å². The molecule has 0 atom stereocenters. The molecule has 0 aliphatic carbocycles. The summed E-state index contributed by atoms with van der Waals surface area (Å²) in [6, 6.07) is 12.6. The van der Waals surface area contributed by atoms with Crippen LogP contribution in [0.4, 0.5) is 13.2 Å². The smallest absolute Gasteiger partial charge is 0.418 e. The molecule has 2 aromatic carbocycles. The first-order chi connectivity index (χ1) is 12.4. The van der Waals surface area contributed by atoms with E-state index in [-0.39, 0.29) is 10.5 Å². The quantitative estimate of drug-likeness (QED) is 0.639. The fourth-order valence-corrected chi connectivity index (χ4v) is 2.91. The number of hydrogen-bond donors (Lipinski definition) is 1. The van der Waals surface area contributed by atoms with Gasteiger partial charge in [0.25, 0.3) is 0 Å². The van der Waals surface area contributed by atoms with Crippen LogP contribution in [0.5, 0.6) is 5.75 Å². The number of nitrogens with zero attached hydrogens (tertiary/aromatic N) is 2. The number of benzene rings is 2. The van der Waals surface area contributed by atoms with Gasteiger partial charge in [-0.05, 0) is 49.0 Å². The number of aromatic nitrogens is 3. The Kier molecular flexibility index (Phi) is 5.13. The first kappa shape index (κ1) is 18.2. The summed E-state index contributed by atoms with van der Waals surface area (Å²) in [6.07, 6.45) is -4.16. The summed E-state index contributed by atoms with van der Waals surface area (Å²) in [5.74, 6) is 1.13. The van der Waals surface area contributed by atoms with Crippen LogP contribution in [0.2, 0.25) is 0 Å². The Labute approximate surface area is 153 Å². The molecule has 0 radical (unpaired) electrons. The lowest BCUT2D eigenvalue weighted by Gasteiger charge is -2.14. The summed E-state index contributed by atoms with van der Waals surface area (Å²) >= 11 is 5.17. The minimum Gasteiger partial charge on any atom is -0.494 e. The van der Waals surface area contributed by atoms with E-state index in [0.717, 1.165) is 17.4 Å². The third kappa shape index (κ3) is 3.80. The number of rotatable bonds is 5. The van der Waals surface area contributed by atoms with Crippen LogP contribution >= 0.6 is 12.2 Å². The lowest BCUT2D eigenvalue weighted by Crippen LogP contribution is -2.12. The Morgan fingerprint density at radius 1 is 1.12 bits per heavy atom. The maximum Gasteiger partial charge on any atom is 0.418 e. The highest BCUT2D eigenvalue weighted by Crippen LogP contribution is 2.34. The zero-order valence-corrected chi connectivity index (χ0v) is 14.7. The van der Waals surface area contributed by atoms with E-state index < -0.39 is 11.7 Å². The minimum atomic E-state index is -4.49. The van der Waals surface area contributed by atoms with Gasteiger partial charge in [-0.1, -0.05) is 24.3 Å². The Balaban J connectivity index is 2.00. The van der Waals surface area contributed by atoms with Crippen LogP contribution < -0.4 is 4.74 Å². The largest absolute Gasteiger partial charge is 0.494 e. The van der Waals surface area contributed by atoms with Gasteiger partial charge in [0, 0.05) is 6.42 Å². The SMILES string of the molecule is CCOc1ccc(Cc2n[nH]c(=S)n2-c2ccccc2C(F)(F)F)cc1. The van der Waals surface area contributed by atoms with E-state index in [1.807, 2.05) is 31.2 Å². The van der Waals surface area contributed by atoms with Crippen molar-refractivity contribution in [3.05, 3.63) is 70.3 Å². The third-order valence-electron chi connectivity index (χ3n) is 3.79. The molecule has 3 aromatic rings. The van der Waals surface area contributed by atoms with Crippen molar-refractivity contribution in [2.24, 2.45) is 0 Å². The molecule has 1 aromatic heterocycles. The van der Waals surface area contributed by atoms with Crippen molar-refractivity contribution >= 4 is 12.2 Å². The summed E-state index contributed by atoms with van der Waals surface area (Å²) in [5, 5.41) is 6.71. The molecule has 0 unspecified atom stereocenters. The highest BCUT2D eigenvalue weighted by Gasteiger charge is 2.34. The molecule has 3 rings (SSSR count). The molecule has 0 aliphatic rings. The van der Waals surface area contributed by atoms with Crippen molar-refractivity contribution in [2.75, 3.05) is 6.61 Å². The zero-order chi connectivity index (χ0) is 18.7. The highest BCUT2D eigenvalue weighted by molar-refractivity contribution is 7.71. The molecule has 0 saturated carbocycles. The van der Waals surface area contributed by atoms with E-state index in [1.54, 1.807) is 6.07 Å². The predicted molar refractivity (Wildman–Crippen MR) is 94.2 cm³/mol. The number of ether oxygens (including phenoxy) is 1. The van der Waals surface area contributed by atoms with Gasteiger partial charge in [-0.3, -0.25) is 9.67 Å². The Morgan fingerprint density at radius 2 is 1.81 bits per heavy atom. The molecule has 26 heavy (non-hydrogen) atoms. The number of para-hydroxylation sites is 1. The Bertz CT molecular complexity index is 945. The number of aromatic amines is 1. The van der Waals surface area contributed by atoms with E-state index in [4.69, 9.17) is 17.0 Å². The van der Waals surface area contributed by atoms with Crippen LogP contribution in [0.15, 0.2) is 48.5 Å². The van der Waals surface area contributed by atoms with Crippen molar-refractivity contribution in [1.29, 1.82) is 0 Å². The molecule has 0 aliphatic heterocycles. The van der Waals surface area contributed by atoms with Crippen LogP contribution in [0.3, 0.4) is 0 Å². The maximum atomic E-state index is 13.4. The van der Waals surface area contributed by atoms with Gasteiger partial charge in [0.05, 0.1) is 17.9 Å². The molecule has 0 saturated heterocycles. The van der Waals surface area contributed by atoms with Gasteiger partial charge in [-0.2, -0.15) is 18.3 Å². The fourth-order valence-electron chi connectivity index (χ4n) is 2.66. The highest BCUT2D eigenvalue weighted by atomic mass is 32.1. The van der Waals surface area contributed by atoms with Crippen LogP contribution in [0.1, 0.15) is 23.9 Å². The molecule has 0 bridgehead atoms. The van der Waals surface area contributed by atoms with Crippen LogP contribution in [-0.2, 0) is 12.6 Å². The second-order valence-electron chi connectivity index (χ2n) is 5.55. The lowest BCUT2D eigenvalue weighted by molar-refractivity contribution is -0.137. The van der Waals surface area contributed by atoms with Gasteiger partial charge in [0.2, 0.25) is 0 Å². The first-order valence-electron chi connectivity index (χ1n) is 7.94. The number of H-pyrrole nitrogens is 1. The summed E-state index contributed by atoms with van der Waals surface area (Å²) in [7, 11) is 0. The zero-order valence-electron chi connectivity index (χ0n) is 13.9. The standard InChI is InChI=1S/C18H16F3N3OS/c1-2-25-13-9-7-12(8-10-13)11-16-22-23-17(26)24(16)15-6-4-3-5-14(15)18(19,20)21/h3-10H,2,11H2,1H3,(H,23,26). The van der Waals surface area contributed by atoms with E-state index >= 15 is 0 Å². The molecule has 0 fully saturated rings. The average Bonchev–Trinajstić information content (AvgIpc) is 2.96. The van der Waals surface area contributed by atoms with Gasteiger partial charge in [-0.15, -0.1) is 0 Å². The summed E-state index contributed by atoms with van der Waals surface area (Å²) < 4.78 is 46.9. The van der Waals surface area contributed by atoms with E-state index in [9.17, 15) is 13.2 Å². The van der Waals surface area contributed by atoms with E-state index in [2.05, 4.69) is 10.2 Å². The number of alkyl halides is 3. The molecular weight excluding hydrogens is 363 g/mol. The van der Waals surface area contributed by atoms with Crippen molar-refractivity contribution in [1.82, 2.24) is 14.8 Å². The minimum absolute atomic E-state index is 0.0420. The Morgan fingerprint density at radius 3 is 2.46 bits per heavy atom. The van der Waals surface area contributed by atoms with Crippen LogP contribution in [0, 0.1) is 4.77 Å². The second kappa shape index (κ2) is 7.33. The number of nitrogens with one attached hydrogen (secondary N) is 1. The molecule has 0 spiro atoms. The topological polar surface area (TPSA) is 42.8 Å². The van der Waals surface area contributed by atoms with E-state index in [0.29, 0.717) is 18.9 Å². The third-order valence-corrected chi connectivity index (χ3v) is 4.06. The normalized spacial score (nSPS) is 11.5. The van der Waals surface area contributed by atoms with E-state index in [1.165, 1.54) is 16.7 Å². The fraction of sp³-hybridized carbons (Fsp3) is 0.222. The van der Waals surface area contributed by atoms with Crippen molar-refractivity contribution in [3.63, 3.8) is 0 Å².